The summed E-state index contributed by atoms with van der Waals surface area (Å²) < 4.78 is 2.97. The Morgan fingerprint density at radius 2 is 1.90 bits per heavy atom. The Bertz CT molecular complexity index is 1080. The number of benzene rings is 2. The van der Waals surface area contributed by atoms with Gasteiger partial charge in [-0.15, -0.1) is 0 Å². The van der Waals surface area contributed by atoms with Crippen LogP contribution in [-0.2, 0) is 6.42 Å². The number of hydrogen-bond acceptors (Lipinski definition) is 3. The maximum Gasteiger partial charge on any atom is 0.272 e. The van der Waals surface area contributed by atoms with E-state index in [1.165, 1.54) is 0 Å². The molecule has 1 heterocycles. The number of halogens is 2. The van der Waals surface area contributed by atoms with Crippen molar-refractivity contribution in [2.75, 3.05) is 0 Å². The van der Waals surface area contributed by atoms with Gasteiger partial charge in [-0.2, -0.15) is 0 Å². The normalized spacial score (nSPS) is 18.7. The van der Waals surface area contributed by atoms with Crippen LogP contribution in [0.4, 0.5) is 0 Å². The molecule has 7 heteroatoms. The van der Waals surface area contributed by atoms with Gasteiger partial charge in [0.05, 0.1) is 22.9 Å². The molecule has 1 aliphatic rings. The van der Waals surface area contributed by atoms with Crippen LogP contribution in [0.5, 0.6) is 0 Å². The number of amides is 1. The Morgan fingerprint density at radius 3 is 2.58 bits per heavy atom. The summed E-state index contributed by atoms with van der Waals surface area (Å²) in [5, 5.41) is 13.9. The molecule has 1 fully saturated rings. The van der Waals surface area contributed by atoms with Crippen LogP contribution >= 0.6 is 27.5 Å². The lowest BCUT2D eigenvalue weighted by Gasteiger charge is -2.28. The Kier molecular flexibility index (Phi) is 6.80. The summed E-state index contributed by atoms with van der Waals surface area (Å²) in [5.74, 6) is 0.367. The number of carbonyl (C=O) groups excluding carboxylic acids is 1. The zero-order chi connectivity index (χ0) is 22.0. The molecule has 5 nitrogen and oxygen atoms in total. The number of imidazole rings is 1. The molecule has 2 atom stereocenters. The number of carbonyl (C=O) groups is 1. The van der Waals surface area contributed by atoms with Crippen molar-refractivity contribution in [3.05, 3.63) is 69.4 Å². The molecule has 0 bridgehead atoms. The highest BCUT2D eigenvalue weighted by atomic mass is 79.9. The largest absolute Gasteiger partial charge is 0.391 e. The number of aromatic nitrogens is 2. The fraction of sp³-hybridized carbons (Fsp3) is 0.333. The molecule has 2 aromatic carbocycles. The van der Waals surface area contributed by atoms with E-state index in [4.69, 9.17) is 16.6 Å². The summed E-state index contributed by atoms with van der Waals surface area (Å²) in [6.45, 7) is 2.01. The number of nitrogens with zero attached hydrogens (tertiary/aromatic N) is 2. The first-order valence-electron chi connectivity index (χ1n) is 10.6. The van der Waals surface area contributed by atoms with E-state index in [0.29, 0.717) is 29.4 Å². The van der Waals surface area contributed by atoms with Crippen molar-refractivity contribution in [3.8, 4) is 17.1 Å². The fourth-order valence-corrected chi connectivity index (χ4v) is 4.65. The Labute approximate surface area is 195 Å². The van der Waals surface area contributed by atoms with E-state index in [0.717, 1.165) is 40.7 Å². The van der Waals surface area contributed by atoms with E-state index >= 15 is 0 Å². The molecule has 1 aliphatic carbocycles. The highest BCUT2D eigenvalue weighted by Crippen LogP contribution is 2.32. The number of aliphatic hydroxyl groups excluding tert-OH is 1. The van der Waals surface area contributed by atoms with Crippen molar-refractivity contribution < 1.29 is 9.90 Å². The number of hydrogen-bond donors (Lipinski definition) is 2. The standard InChI is InChI=1S/C24H25BrClN3O2/c1-2-20-22(24(31)27-19-9-5-6-10-21(19)30)28-23(17-7-3-4-8-18(17)26)29(20)16-13-11-15(25)12-14-16/h3-4,7-8,11-14,19,21,30H,2,5-6,9-10H2,1H3,(H,27,31)/t19-,21+/m1/s1. The molecule has 0 aliphatic heterocycles. The quantitative estimate of drug-likeness (QED) is 0.481. The zero-order valence-electron chi connectivity index (χ0n) is 17.3. The van der Waals surface area contributed by atoms with Crippen LogP contribution in [0.1, 0.15) is 48.8 Å². The predicted octanol–water partition coefficient (Wildman–Crippen LogP) is 5.55. The van der Waals surface area contributed by atoms with Crippen LogP contribution in [0, 0.1) is 0 Å². The molecule has 4 rings (SSSR count). The Balaban J connectivity index is 1.82. The average Bonchev–Trinajstić information content (AvgIpc) is 3.16. The van der Waals surface area contributed by atoms with Crippen molar-refractivity contribution in [2.45, 2.75) is 51.2 Å². The first kappa shape index (κ1) is 22.1. The van der Waals surface area contributed by atoms with E-state index in [1.54, 1.807) is 0 Å². The third-order valence-electron chi connectivity index (χ3n) is 5.77. The topological polar surface area (TPSA) is 67.2 Å². The van der Waals surface area contributed by atoms with E-state index in [-0.39, 0.29) is 11.9 Å². The summed E-state index contributed by atoms with van der Waals surface area (Å²) in [6, 6.07) is 15.2. The molecule has 1 amide bonds. The van der Waals surface area contributed by atoms with E-state index < -0.39 is 6.10 Å². The summed E-state index contributed by atoms with van der Waals surface area (Å²) in [6.07, 6.45) is 3.58. The smallest absolute Gasteiger partial charge is 0.272 e. The molecule has 1 saturated carbocycles. The van der Waals surface area contributed by atoms with Crippen LogP contribution < -0.4 is 5.32 Å². The second-order valence-corrected chi connectivity index (χ2v) is 9.13. The van der Waals surface area contributed by atoms with Crippen molar-refractivity contribution in [3.63, 3.8) is 0 Å². The summed E-state index contributed by atoms with van der Waals surface area (Å²) in [4.78, 5) is 18.0. The first-order valence-corrected chi connectivity index (χ1v) is 11.8. The van der Waals surface area contributed by atoms with Crippen molar-refractivity contribution in [1.82, 2.24) is 14.9 Å². The SMILES string of the molecule is CCc1c(C(=O)N[C@@H]2CCCC[C@@H]2O)nc(-c2ccccc2Cl)n1-c1ccc(Br)cc1. The average molecular weight is 503 g/mol. The lowest BCUT2D eigenvalue weighted by Crippen LogP contribution is -2.45. The number of nitrogens with one attached hydrogen (secondary N) is 1. The monoisotopic (exact) mass is 501 g/mol. The van der Waals surface area contributed by atoms with Gasteiger partial charge >= 0.3 is 0 Å². The maximum atomic E-state index is 13.3. The second kappa shape index (κ2) is 9.55. The van der Waals surface area contributed by atoms with Gasteiger partial charge in [0.25, 0.3) is 5.91 Å². The van der Waals surface area contributed by atoms with Gasteiger partial charge in [-0.3, -0.25) is 9.36 Å². The van der Waals surface area contributed by atoms with Crippen molar-refractivity contribution >= 4 is 33.4 Å². The molecule has 0 unspecified atom stereocenters. The maximum absolute atomic E-state index is 13.3. The first-order chi connectivity index (χ1) is 15.0. The van der Waals surface area contributed by atoms with Gasteiger partial charge in [-0.1, -0.05) is 59.4 Å². The minimum absolute atomic E-state index is 0.243. The molecule has 31 heavy (non-hydrogen) atoms. The lowest BCUT2D eigenvalue weighted by atomic mass is 9.92. The highest BCUT2D eigenvalue weighted by Gasteiger charge is 2.29. The fourth-order valence-electron chi connectivity index (χ4n) is 4.17. The second-order valence-electron chi connectivity index (χ2n) is 7.81. The van der Waals surface area contributed by atoms with Gasteiger partial charge in [0.2, 0.25) is 0 Å². The summed E-state index contributed by atoms with van der Waals surface area (Å²) in [7, 11) is 0. The third-order valence-corrected chi connectivity index (χ3v) is 6.63. The van der Waals surface area contributed by atoms with E-state index in [2.05, 4.69) is 21.2 Å². The molecule has 1 aromatic heterocycles. The van der Waals surface area contributed by atoms with Crippen LogP contribution in [-0.4, -0.2) is 32.7 Å². The van der Waals surface area contributed by atoms with Gasteiger partial charge in [-0.05, 0) is 55.7 Å². The number of aliphatic hydroxyl groups is 1. The molecule has 162 valence electrons. The minimum atomic E-state index is -0.514. The lowest BCUT2D eigenvalue weighted by molar-refractivity contribution is 0.0713. The van der Waals surface area contributed by atoms with Gasteiger partial charge in [0, 0.05) is 15.7 Å². The predicted molar refractivity (Wildman–Crippen MR) is 127 cm³/mol. The summed E-state index contributed by atoms with van der Waals surface area (Å²) in [5.41, 5.74) is 2.84. The molecule has 0 spiro atoms. The van der Waals surface area contributed by atoms with Crippen LogP contribution in [0.25, 0.3) is 17.1 Å². The van der Waals surface area contributed by atoms with E-state index in [9.17, 15) is 9.90 Å². The van der Waals surface area contributed by atoms with E-state index in [1.807, 2.05) is 60.0 Å². The summed E-state index contributed by atoms with van der Waals surface area (Å²) >= 11 is 9.99. The molecular weight excluding hydrogens is 478 g/mol. The molecule has 0 radical (unpaired) electrons. The highest BCUT2D eigenvalue weighted by molar-refractivity contribution is 9.10. The number of rotatable bonds is 5. The zero-order valence-corrected chi connectivity index (χ0v) is 19.7. The van der Waals surface area contributed by atoms with Crippen molar-refractivity contribution in [1.29, 1.82) is 0 Å². The molecule has 0 saturated heterocycles. The van der Waals surface area contributed by atoms with Crippen LogP contribution in [0.2, 0.25) is 5.02 Å². The van der Waals surface area contributed by atoms with Gasteiger partial charge in [-0.25, -0.2) is 4.98 Å². The van der Waals surface area contributed by atoms with Gasteiger partial charge < -0.3 is 10.4 Å². The van der Waals surface area contributed by atoms with Gasteiger partial charge in [0.1, 0.15) is 11.5 Å². The molecular formula is C24H25BrClN3O2. The van der Waals surface area contributed by atoms with Crippen LogP contribution in [0.15, 0.2) is 53.0 Å². The third kappa shape index (κ3) is 4.56. The van der Waals surface area contributed by atoms with Gasteiger partial charge in [0.15, 0.2) is 0 Å². The minimum Gasteiger partial charge on any atom is -0.391 e. The Hall–Kier alpha value is -2.15. The molecule has 2 N–H and O–H groups in total. The van der Waals surface area contributed by atoms with Crippen LogP contribution in [0.3, 0.4) is 0 Å². The Morgan fingerprint density at radius 1 is 1.19 bits per heavy atom. The van der Waals surface area contributed by atoms with Crippen molar-refractivity contribution in [2.24, 2.45) is 0 Å². The molecule has 3 aromatic rings.